The number of sulfonamides is 1. The van der Waals surface area contributed by atoms with Crippen molar-refractivity contribution in [2.45, 2.75) is 0 Å². The van der Waals surface area contributed by atoms with Crippen molar-refractivity contribution in [3.63, 3.8) is 0 Å². The van der Waals surface area contributed by atoms with Crippen molar-refractivity contribution in [1.29, 1.82) is 0 Å². The molecule has 2 N–H and O–H groups in total. The molecule has 0 radical (unpaired) electrons. The maximum atomic E-state index is 12.1. The maximum absolute atomic E-state index is 12.1. The number of rotatable bonds is 6. The SMILES string of the molecule is O=C(O)c1cccc(C(=O)NCCS(=O)(=O)N2CCSCC2)c1. The summed E-state index contributed by atoms with van der Waals surface area (Å²) in [5, 5.41) is 11.4. The van der Waals surface area contributed by atoms with Crippen LogP contribution in [0.4, 0.5) is 0 Å². The molecule has 0 aromatic heterocycles. The number of carboxylic acid groups (broad SMARTS) is 1. The lowest BCUT2D eigenvalue weighted by Crippen LogP contribution is -2.41. The number of benzene rings is 1. The Morgan fingerprint density at radius 1 is 1.22 bits per heavy atom. The number of hydrogen-bond acceptors (Lipinski definition) is 5. The monoisotopic (exact) mass is 358 g/mol. The van der Waals surface area contributed by atoms with Crippen molar-refractivity contribution in [3.8, 4) is 0 Å². The van der Waals surface area contributed by atoms with E-state index in [4.69, 9.17) is 5.11 Å². The van der Waals surface area contributed by atoms with Crippen LogP contribution in [0.5, 0.6) is 0 Å². The van der Waals surface area contributed by atoms with E-state index in [0.717, 1.165) is 11.5 Å². The molecule has 1 aromatic carbocycles. The number of aromatic carboxylic acids is 1. The molecule has 1 aromatic rings. The fraction of sp³-hybridized carbons (Fsp3) is 0.429. The number of thioether (sulfide) groups is 1. The summed E-state index contributed by atoms with van der Waals surface area (Å²) in [6.45, 7) is 0.991. The van der Waals surface area contributed by atoms with Crippen molar-refractivity contribution in [1.82, 2.24) is 9.62 Å². The number of amides is 1. The molecule has 1 fully saturated rings. The van der Waals surface area contributed by atoms with E-state index in [0.29, 0.717) is 13.1 Å². The molecule has 0 spiro atoms. The summed E-state index contributed by atoms with van der Waals surface area (Å²) in [7, 11) is -3.37. The van der Waals surface area contributed by atoms with E-state index in [1.807, 2.05) is 0 Å². The zero-order valence-electron chi connectivity index (χ0n) is 12.4. The van der Waals surface area contributed by atoms with Crippen LogP contribution in [0, 0.1) is 0 Å². The average Bonchev–Trinajstić information content (AvgIpc) is 2.55. The molecule has 1 amide bonds. The minimum atomic E-state index is -3.37. The molecule has 7 nitrogen and oxygen atoms in total. The molecule has 0 atom stereocenters. The van der Waals surface area contributed by atoms with Crippen LogP contribution in [-0.2, 0) is 10.0 Å². The van der Waals surface area contributed by atoms with Gasteiger partial charge in [0.2, 0.25) is 10.0 Å². The zero-order chi connectivity index (χ0) is 16.9. The van der Waals surface area contributed by atoms with Crippen LogP contribution in [0.2, 0.25) is 0 Å². The van der Waals surface area contributed by atoms with Crippen molar-refractivity contribution >= 4 is 33.7 Å². The van der Waals surface area contributed by atoms with Gasteiger partial charge in [-0.2, -0.15) is 11.8 Å². The smallest absolute Gasteiger partial charge is 0.335 e. The number of carbonyl (C=O) groups is 2. The van der Waals surface area contributed by atoms with Crippen LogP contribution in [0.1, 0.15) is 20.7 Å². The van der Waals surface area contributed by atoms with E-state index in [2.05, 4.69) is 5.32 Å². The normalized spacial score (nSPS) is 16.0. The number of carboxylic acids is 1. The highest BCUT2D eigenvalue weighted by Gasteiger charge is 2.23. The summed E-state index contributed by atoms with van der Waals surface area (Å²) < 4.78 is 25.7. The van der Waals surface area contributed by atoms with Gasteiger partial charge in [0.1, 0.15) is 0 Å². The molecule has 2 rings (SSSR count). The highest BCUT2D eigenvalue weighted by molar-refractivity contribution is 7.99. The highest BCUT2D eigenvalue weighted by atomic mass is 32.2. The molecule has 0 unspecified atom stereocenters. The second-order valence-electron chi connectivity index (χ2n) is 4.97. The number of nitrogens with zero attached hydrogens (tertiary/aromatic N) is 1. The Morgan fingerprint density at radius 2 is 1.87 bits per heavy atom. The standard InChI is InChI=1S/C14H18N2O5S2/c17-13(11-2-1-3-12(10-11)14(18)19)15-4-9-23(20,21)16-5-7-22-8-6-16/h1-3,10H,4-9H2,(H,15,17)(H,18,19). The number of hydrogen-bond donors (Lipinski definition) is 2. The fourth-order valence-corrected chi connectivity index (χ4v) is 4.63. The Hall–Kier alpha value is -1.58. The van der Waals surface area contributed by atoms with Gasteiger partial charge in [-0.15, -0.1) is 0 Å². The van der Waals surface area contributed by atoms with Gasteiger partial charge >= 0.3 is 5.97 Å². The molecule has 0 saturated carbocycles. The topological polar surface area (TPSA) is 104 Å². The maximum Gasteiger partial charge on any atom is 0.335 e. The third-order valence-electron chi connectivity index (χ3n) is 3.38. The Kier molecular flexibility index (Phi) is 6.03. The van der Waals surface area contributed by atoms with Crippen molar-refractivity contribution in [2.75, 3.05) is 36.9 Å². The zero-order valence-corrected chi connectivity index (χ0v) is 14.0. The summed E-state index contributed by atoms with van der Waals surface area (Å²) in [6.07, 6.45) is 0. The van der Waals surface area contributed by atoms with Crippen molar-refractivity contribution in [2.24, 2.45) is 0 Å². The Balaban J connectivity index is 1.89. The first-order chi connectivity index (χ1) is 10.9. The molecule has 1 saturated heterocycles. The van der Waals surface area contributed by atoms with Gasteiger partial charge < -0.3 is 10.4 Å². The van der Waals surface area contributed by atoms with Crippen LogP contribution in [0.25, 0.3) is 0 Å². The molecule has 1 heterocycles. The summed E-state index contributed by atoms with van der Waals surface area (Å²) in [5.41, 5.74) is 0.202. The minimum absolute atomic E-state index is 0.0103. The third kappa shape index (κ3) is 4.95. The lowest BCUT2D eigenvalue weighted by atomic mass is 10.1. The first kappa shape index (κ1) is 17.8. The second kappa shape index (κ2) is 7.80. The third-order valence-corrected chi connectivity index (χ3v) is 6.20. The fourth-order valence-electron chi connectivity index (χ4n) is 2.14. The molecular weight excluding hydrogens is 340 g/mol. The molecule has 23 heavy (non-hydrogen) atoms. The highest BCUT2D eigenvalue weighted by Crippen LogP contribution is 2.13. The minimum Gasteiger partial charge on any atom is -0.478 e. The predicted molar refractivity (Wildman–Crippen MR) is 88.4 cm³/mol. The molecule has 126 valence electrons. The molecule has 9 heteroatoms. The predicted octanol–water partition coefficient (Wildman–Crippen LogP) is 0.493. The molecule has 1 aliphatic heterocycles. The van der Waals surface area contributed by atoms with Crippen molar-refractivity contribution < 1.29 is 23.1 Å². The Bertz CT molecular complexity index is 684. The van der Waals surface area contributed by atoms with E-state index in [1.165, 1.54) is 28.6 Å². The van der Waals surface area contributed by atoms with Gasteiger partial charge in [-0.05, 0) is 18.2 Å². The van der Waals surface area contributed by atoms with Gasteiger partial charge in [0.05, 0.1) is 11.3 Å². The summed E-state index contributed by atoms with van der Waals surface area (Å²) in [4.78, 5) is 22.8. The van der Waals surface area contributed by atoms with E-state index >= 15 is 0 Å². The van der Waals surface area contributed by atoms with E-state index < -0.39 is 21.9 Å². The lowest BCUT2D eigenvalue weighted by molar-refractivity contribution is 0.0697. The van der Waals surface area contributed by atoms with Crippen LogP contribution in [-0.4, -0.2) is 66.6 Å². The van der Waals surface area contributed by atoms with Crippen LogP contribution < -0.4 is 5.32 Å². The van der Waals surface area contributed by atoms with E-state index in [-0.39, 0.29) is 23.4 Å². The van der Waals surface area contributed by atoms with E-state index in [1.54, 1.807) is 11.8 Å². The lowest BCUT2D eigenvalue weighted by Gasteiger charge is -2.25. The number of carbonyl (C=O) groups excluding carboxylic acids is 1. The molecule has 0 aliphatic carbocycles. The summed E-state index contributed by atoms with van der Waals surface area (Å²) in [5.74, 6) is -0.203. The molecular formula is C14H18N2O5S2. The van der Waals surface area contributed by atoms with E-state index in [9.17, 15) is 18.0 Å². The first-order valence-corrected chi connectivity index (χ1v) is 9.84. The Morgan fingerprint density at radius 3 is 2.52 bits per heavy atom. The van der Waals surface area contributed by atoms with Gasteiger partial charge in [-0.25, -0.2) is 17.5 Å². The van der Waals surface area contributed by atoms with Crippen LogP contribution in [0.3, 0.4) is 0 Å². The summed E-state index contributed by atoms with van der Waals surface area (Å²) in [6, 6.07) is 5.60. The van der Waals surface area contributed by atoms with Crippen molar-refractivity contribution in [3.05, 3.63) is 35.4 Å². The van der Waals surface area contributed by atoms with Crippen LogP contribution >= 0.6 is 11.8 Å². The molecule has 1 aliphatic rings. The number of nitrogens with one attached hydrogen (secondary N) is 1. The second-order valence-corrected chi connectivity index (χ2v) is 8.28. The van der Waals surface area contributed by atoms with Gasteiger partial charge in [0, 0.05) is 36.7 Å². The quantitative estimate of drug-likeness (QED) is 0.767. The largest absolute Gasteiger partial charge is 0.478 e. The van der Waals surface area contributed by atoms with Gasteiger partial charge in [0.25, 0.3) is 5.91 Å². The van der Waals surface area contributed by atoms with Gasteiger partial charge in [0.15, 0.2) is 0 Å². The van der Waals surface area contributed by atoms with Gasteiger partial charge in [-0.3, -0.25) is 4.79 Å². The van der Waals surface area contributed by atoms with Crippen LogP contribution in [0.15, 0.2) is 24.3 Å². The first-order valence-electron chi connectivity index (χ1n) is 7.07. The average molecular weight is 358 g/mol. The summed E-state index contributed by atoms with van der Waals surface area (Å²) >= 11 is 1.72. The Labute approximate surface area is 139 Å². The van der Waals surface area contributed by atoms with Gasteiger partial charge in [-0.1, -0.05) is 6.07 Å². The molecule has 0 bridgehead atoms.